The van der Waals surface area contributed by atoms with E-state index in [0.717, 1.165) is 49.1 Å². The second-order valence-electron chi connectivity index (χ2n) is 7.96. The largest absolute Gasteiger partial charge is 0.386 e. The van der Waals surface area contributed by atoms with Crippen LogP contribution in [0.3, 0.4) is 0 Å². The van der Waals surface area contributed by atoms with Crippen LogP contribution in [-0.4, -0.2) is 43.4 Å². The van der Waals surface area contributed by atoms with Gasteiger partial charge in [-0.1, -0.05) is 31.4 Å². The molecule has 154 valence electrons. The standard InChI is InChI=1S/C21H27N5O3/c1-29-20-24-15-9-12-26(18(27)16(15)17(22)25-20)14-7-5-13(6-8-14)21(19(23)28)10-3-2-4-11-21/h5-8,16,20H,2-4,9-12H2,1H3,(H2,22,25)(H2,23,28). The molecule has 0 aromatic heterocycles. The van der Waals surface area contributed by atoms with E-state index in [4.69, 9.17) is 16.2 Å². The number of methoxy groups -OCH3 is 1. The molecule has 2 unspecified atom stereocenters. The number of hydrogen-bond donors (Lipinski definition) is 2. The topological polar surface area (TPSA) is 123 Å². The molecule has 0 radical (unpaired) electrons. The van der Waals surface area contributed by atoms with Crippen LogP contribution >= 0.6 is 0 Å². The van der Waals surface area contributed by atoms with Crippen molar-refractivity contribution < 1.29 is 14.3 Å². The monoisotopic (exact) mass is 397 g/mol. The van der Waals surface area contributed by atoms with Crippen molar-refractivity contribution in [1.82, 2.24) is 0 Å². The van der Waals surface area contributed by atoms with E-state index >= 15 is 0 Å². The van der Waals surface area contributed by atoms with Gasteiger partial charge in [0.2, 0.25) is 18.2 Å². The number of carbonyl (C=O) groups excluding carboxylic acids is 2. The summed E-state index contributed by atoms with van der Waals surface area (Å²) in [5.74, 6) is -0.798. The fraction of sp³-hybridized carbons (Fsp3) is 0.524. The lowest BCUT2D eigenvalue weighted by Crippen LogP contribution is -2.53. The molecule has 1 saturated heterocycles. The summed E-state index contributed by atoms with van der Waals surface area (Å²) in [4.78, 5) is 35.6. The Labute approximate surface area is 170 Å². The van der Waals surface area contributed by atoms with Gasteiger partial charge in [-0.05, 0) is 30.5 Å². The maximum absolute atomic E-state index is 13.1. The van der Waals surface area contributed by atoms with Crippen molar-refractivity contribution in [3.63, 3.8) is 0 Å². The number of nitrogens with two attached hydrogens (primary N) is 2. The van der Waals surface area contributed by atoms with E-state index in [1.165, 1.54) is 7.11 Å². The lowest BCUT2D eigenvalue weighted by atomic mass is 9.69. The molecule has 2 heterocycles. The van der Waals surface area contributed by atoms with Gasteiger partial charge in [-0.15, -0.1) is 0 Å². The molecule has 4 N–H and O–H groups in total. The maximum atomic E-state index is 13.1. The first kappa shape index (κ1) is 19.6. The Hall–Kier alpha value is -2.74. The summed E-state index contributed by atoms with van der Waals surface area (Å²) >= 11 is 0. The molecule has 1 aromatic rings. The highest BCUT2D eigenvalue weighted by molar-refractivity contribution is 6.26. The molecule has 4 rings (SSSR count). The Morgan fingerprint density at radius 3 is 2.48 bits per heavy atom. The zero-order valence-electron chi connectivity index (χ0n) is 16.6. The summed E-state index contributed by atoms with van der Waals surface area (Å²) < 4.78 is 5.14. The van der Waals surface area contributed by atoms with E-state index in [1.807, 2.05) is 24.3 Å². The number of aliphatic imine (C=N–C) groups is 2. The molecular formula is C21H27N5O3. The third kappa shape index (κ3) is 3.31. The Morgan fingerprint density at radius 1 is 1.17 bits per heavy atom. The van der Waals surface area contributed by atoms with Crippen molar-refractivity contribution in [1.29, 1.82) is 0 Å². The van der Waals surface area contributed by atoms with Gasteiger partial charge in [0, 0.05) is 31.5 Å². The number of fused-ring (bicyclic) bond motifs is 1. The maximum Gasteiger partial charge on any atom is 0.246 e. The van der Waals surface area contributed by atoms with Crippen LogP contribution in [-0.2, 0) is 19.7 Å². The molecule has 8 nitrogen and oxygen atoms in total. The highest BCUT2D eigenvalue weighted by Crippen LogP contribution is 2.40. The van der Waals surface area contributed by atoms with Crippen LogP contribution < -0.4 is 16.4 Å². The summed E-state index contributed by atoms with van der Waals surface area (Å²) in [6, 6.07) is 7.65. The Balaban J connectivity index is 1.58. The SMILES string of the molecule is COC1N=C(N)C2C(=O)N(c3ccc(C4(C(N)=O)CCCCC4)cc3)CCC2=N1. The molecule has 2 atom stereocenters. The Bertz CT molecular complexity index is 871. The number of benzene rings is 1. The van der Waals surface area contributed by atoms with E-state index in [9.17, 15) is 9.59 Å². The fourth-order valence-corrected chi connectivity index (χ4v) is 4.74. The fourth-order valence-electron chi connectivity index (χ4n) is 4.74. The third-order valence-electron chi connectivity index (χ3n) is 6.39. The first-order chi connectivity index (χ1) is 14.0. The van der Waals surface area contributed by atoms with E-state index < -0.39 is 17.7 Å². The predicted octanol–water partition coefficient (Wildman–Crippen LogP) is 1.47. The minimum absolute atomic E-state index is 0.138. The van der Waals surface area contributed by atoms with Crippen LogP contribution in [0, 0.1) is 5.92 Å². The lowest BCUT2D eigenvalue weighted by Gasteiger charge is -2.37. The first-order valence-corrected chi connectivity index (χ1v) is 10.1. The van der Waals surface area contributed by atoms with E-state index in [0.29, 0.717) is 13.0 Å². The third-order valence-corrected chi connectivity index (χ3v) is 6.39. The highest BCUT2D eigenvalue weighted by atomic mass is 16.5. The first-order valence-electron chi connectivity index (χ1n) is 10.1. The van der Waals surface area contributed by atoms with Crippen molar-refractivity contribution in [2.24, 2.45) is 27.4 Å². The van der Waals surface area contributed by atoms with Gasteiger partial charge >= 0.3 is 0 Å². The van der Waals surface area contributed by atoms with E-state index in [-0.39, 0.29) is 17.6 Å². The Kier molecular flexibility index (Phi) is 5.12. The molecule has 8 heteroatoms. The number of rotatable bonds is 4. The summed E-state index contributed by atoms with van der Waals surface area (Å²) in [5, 5.41) is 0. The van der Waals surface area contributed by atoms with Crippen LogP contribution in [0.15, 0.2) is 34.3 Å². The molecule has 3 aliphatic rings. The van der Waals surface area contributed by atoms with Gasteiger partial charge in [-0.3, -0.25) is 9.59 Å². The zero-order valence-corrected chi connectivity index (χ0v) is 16.6. The van der Waals surface area contributed by atoms with Gasteiger partial charge < -0.3 is 21.1 Å². The second kappa shape index (κ2) is 7.59. The molecule has 2 aliphatic heterocycles. The minimum Gasteiger partial charge on any atom is -0.386 e. The predicted molar refractivity (Wildman–Crippen MR) is 111 cm³/mol. The average Bonchev–Trinajstić information content (AvgIpc) is 2.74. The summed E-state index contributed by atoms with van der Waals surface area (Å²) in [6.45, 7) is 0.512. The number of primary amides is 1. The quantitative estimate of drug-likeness (QED) is 0.798. The Morgan fingerprint density at radius 2 is 1.86 bits per heavy atom. The number of ether oxygens (including phenoxy) is 1. The van der Waals surface area contributed by atoms with Crippen LogP contribution in [0.25, 0.3) is 0 Å². The summed E-state index contributed by atoms with van der Waals surface area (Å²) in [6.07, 6.45) is 4.63. The van der Waals surface area contributed by atoms with Crippen LogP contribution in [0.2, 0.25) is 0 Å². The van der Waals surface area contributed by atoms with Gasteiger partial charge in [0.15, 0.2) is 0 Å². The van der Waals surface area contributed by atoms with Crippen LogP contribution in [0.5, 0.6) is 0 Å². The lowest BCUT2D eigenvalue weighted by molar-refractivity contribution is -0.124. The molecule has 0 spiro atoms. The second-order valence-corrected chi connectivity index (χ2v) is 7.96. The molecule has 2 fully saturated rings. The van der Waals surface area contributed by atoms with E-state index in [1.54, 1.807) is 4.90 Å². The van der Waals surface area contributed by atoms with Gasteiger partial charge in [0.05, 0.1) is 5.41 Å². The van der Waals surface area contributed by atoms with Crippen molar-refractivity contribution in [2.75, 3.05) is 18.6 Å². The number of hydrogen-bond acceptors (Lipinski definition) is 6. The van der Waals surface area contributed by atoms with Gasteiger partial charge in [0.25, 0.3) is 0 Å². The molecular weight excluding hydrogens is 370 g/mol. The van der Waals surface area contributed by atoms with Crippen molar-refractivity contribution in [3.8, 4) is 0 Å². The average molecular weight is 397 g/mol. The molecule has 29 heavy (non-hydrogen) atoms. The number of carbonyl (C=O) groups is 2. The summed E-state index contributed by atoms with van der Waals surface area (Å²) in [5.41, 5.74) is 13.7. The summed E-state index contributed by atoms with van der Waals surface area (Å²) in [7, 11) is 1.51. The number of amides is 2. The molecule has 1 aliphatic carbocycles. The van der Waals surface area contributed by atoms with Gasteiger partial charge in [-0.25, -0.2) is 9.98 Å². The van der Waals surface area contributed by atoms with Gasteiger partial charge in [0.1, 0.15) is 11.8 Å². The number of nitrogens with zero attached hydrogens (tertiary/aromatic N) is 3. The van der Waals surface area contributed by atoms with Crippen molar-refractivity contribution in [2.45, 2.75) is 50.3 Å². The smallest absolute Gasteiger partial charge is 0.246 e. The molecule has 1 saturated carbocycles. The number of piperidine rings is 1. The molecule has 2 amide bonds. The normalized spacial score (nSPS) is 26.4. The molecule has 0 bridgehead atoms. The van der Waals surface area contributed by atoms with Crippen LogP contribution in [0.1, 0.15) is 44.1 Å². The number of anilines is 1. The molecule has 1 aromatic carbocycles. The highest BCUT2D eigenvalue weighted by Gasteiger charge is 2.41. The van der Waals surface area contributed by atoms with Crippen LogP contribution in [0.4, 0.5) is 5.69 Å². The number of amidine groups is 1. The van der Waals surface area contributed by atoms with Crippen molar-refractivity contribution >= 4 is 29.0 Å². The van der Waals surface area contributed by atoms with Crippen molar-refractivity contribution in [3.05, 3.63) is 29.8 Å². The minimum atomic E-state index is -0.666. The van der Waals surface area contributed by atoms with E-state index in [2.05, 4.69) is 9.98 Å². The zero-order chi connectivity index (χ0) is 20.6. The van der Waals surface area contributed by atoms with Gasteiger partial charge in [-0.2, -0.15) is 0 Å².